The molecule has 4 nitrogen and oxygen atoms in total. The molecule has 2 aromatic carbocycles. The maximum atomic E-state index is 12.2. The number of nitrogens with zero attached hydrogens (tertiary/aromatic N) is 2. The summed E-state index contributed by atoms with van der Waals surface area (Å²) in [6, 6.07) is 15.6. The summed E-state index contributed by atoms with van der Waals surface area (Å²) in [5, 5.41) is 2.95. The highest BCUT2D eigenvalue weighted by Gasteiger charge is 2.11. The lowest BCUT2D eigenvalue weighted by Gasteiger charge is -2.08. The molecule has 1 aromatic heterocycles. The molecule has 0 unspecified atom stereocenters. The van der Waals surface area contributed by atoms with E-state index in [9.17, 15) is 4.79 Å². The number of aryl methyl sites for hydroxylation is 2. The van der Waals surface area contributed by atoms with Crippen LogP contribution in [0.2, 0.25) is 0 Å². The minimum absolute atomic E-state index is 0.0743. The standard InChI is InChI=1S/C18H19N3O/c1-3-21-16-7-5-4-6-15(16)20-17(21)12-19-18(22)14-10-8-13(2)9-11-14/h4-11H,3,12H2,1-2H3,(H,19,22). The van der Waals surface area contributed by atoms with E-state index in [0.717, 1.165) is 29.0 Å². The largest absolute Gasteiger partial charge is 0.345 e. The van der Waals surface area contributed by atoms with Gasteiger partial charge in [0.25, 0.3) is 5.91 Å². The Balaban J connectivity index is 1.79. The molecule has 3 aromatic rings. The average molecular weight is 293 g/mol. The summed E-state index contributed by atoms with van der Waals surface area (Å²) < 4.78 is 2.13. The Hall–Kier alpha value is -2.62. The van der Waals surface area contributed by atoms with Crippen molar-refractivity contribution in [1.82, 2.24) is 14.9 Å². The highest BCUT2D eigenvalue weighted by Crippen LogP contribution is 2.15. The number of para-hydroxylation sites is 2. The molecule has 22 heavy (non-hydrogen) atoms. The van der Waals surface area contributed by atoms with Crippen molar-refractivity contribution in [2.45, 2.75) is 26.9 Å². The van der Waals surface area contributed by atoms with Gasteiger partial charge in [-0.2, -0.15) is 0 Å². The molecule has 0 fully saturated rings. The molecule has 0 atom stereocenters. The first-order valence-electron chi connectivity index (χ1n) is 7.48. The quantitative estimate of drug-likeness (QED) is 0.802. The minimum Gasteiger partial charge on any atom is -0.345 e. The summed E-state index contributed by atoms with van der Waals surface area (Å²) in [7, 11) is 0. The lowest BCUT2D eigenvalue weighted by molar-refractivity contribution is 0.0949. The topological polar surface area (TPSA) is 46.9 Å². The summed E-state index contributed by atoms with van der Waals surface area (Å²) >= 11 is 0. The smallest absolute Gasteiger partial charge is 0.251 e. The summed E-state index contributed by atoms with van der Waals surface area (Å²) in [5.74, 6) is 0.805. The summed E-state index contributed by atoms with van der Waals surface area (Å²) in [5.41, 5.74) is 3.88. The van der Waals surface area contributed by atoms with Crippen LogP contribution in [0.5, 0.6) is 0 Å². The van der Waals surface area contributed by atoms with Gasteiger partial charge < -0.3 is 9.88 Å². The Kier molecular flexibility index (Phi) is 3.92. The van der Waals surface area contributed by atoms with E-state index in [2.05, 4.69) is 27.9 Å². The fourth-order valence-corrected chi connectivity index (χ4v) is 2.58. The number of aromatic nitrogens is 2. The molecule has 0 aliphatic rings. The molecule has 1 heterocycles. The Labute approximate surface area is 129 Å². The molecule has 3 rings (SSSR count). The van der Waals surface area contributed by atoms with Gasteiger partial charge in [0, 0.05) is 12.1 Å². The van der Waals surface area contributed by atoms with E-state index in [1.807, 2.05) is 49.4 Å². The first-order chi connectivity index (χ1) is 10.7. The molecule has 0 aliphatic carbocycles. The van der Waals surface area contributed by atoms with Gasteiger partial charge in [-0.25, -0.2) is 4.98 Å². The molecule has 0 saturated carbocycles. The van der Waals surface area contributed by atoms with Crippen molar-refractivity contribution in [3.8, 4) is 0 Å². The number of hydrogen-bond acceptors (Lipinski definition) is 2. The number of carbonyl (C=O) groups excluding carboxylic acids is 1. The molecule has 0 saturated heterocycles. The van der Waals surface area contributed by atoms with Gasteiger partial charge in [-0.3, -0.25) is 4.79 Å². The van der Waals surface area contributed by atoms with E-state index < -0.39 is 0 Å². The first-order valence-corrected chi connectivity index (χ1v) is 7.48. The predicted octanol–water partition coefficient (Wildman–Crippen LogP) is 3.29. The molecular weight excluding hydrogens is 274 g/mol. The summed E-state index contributed by atoms with van der Waals surface area (Å²) in [6.07, 6.45) is 0. The molecule has 0 spiro atoms. The second-order valence-electron chi connectivity index (χ2n) is 5.31. The summed E-state index contributed by atoms with van der Waals surface area (Å²) in [6.45, 7) is 5.34. The van der Waals surface area contributed by atoms with Crippen LogP contribution in [0, 0.1) is 6.92 Å². The number of nitrogens with one attached hydrogen (secondary N) is 1. The van der Waals surface area contributed by atoms with Gasteiger partial charge in [0.15, 0.2) is 0 Å². The number of hydrogen-bond donors (Lipinski definition) is 1. The van der Waals surface area contributed by atoms with Crippen molar-refractivity contribution in [2.24, 2.45) is 0 Å². The average Bonchev–Trinajstić information content (AvgIpc) is 2.90. The van der Waals surface area contributed by atoms with Crippen LogP contribution in [0.1, 0.15) is 28.7 Å². The predicted molar refractivity (Wildman–Crippen MR) is 87.8 cm³/mol. The third-order valence-electron chi connectivity index (χ3n) is 3.77. The van der Waals surface area contributed by atoms with Crippen LogP contribution in [0.4, 0.5) is 0 Å². The van der Waals surface area contributed by atoms with E-state index in [-0.39, 0.29) is 5.91 Å². The normalized spacial score (nSPS) is 10.8. The van der Waals surface area contributed by atoms with Crippen molar-refractivity contribution in [3.63, 3.8) is 0 Å². The van der Waals surface area contributed by atoms with Crippen LogP contribution in [-0.2, 0) is 13.1 Å². The third kappa shape index (κ3) is 2.72. The van der Waals surface area contributed by atoms with Gasteiger partial charge in [0.1, 0.15) is 5.82 Å². The number of rotatable bonds is 4. The molecule has 112 valence electrons. The van der Waals surface area contributed by atoms with Gasteiger partial charge >= 0.3 is 0 Å². The minimum atomic E-state index is -0.0743. The monoisotopic (exact) mass is 293 g/mol. The molecule has 0 bridgehead atoms. The van der Waals surface area contributed by atoms with Gasteiger partial charge in [-0.1, -0.05) is 29.8 Å². The number of imidazole rings is 1. The Morgan fingerprint density at radius 3 is 2.59 bits per heavy atom. The van der Waals surface area contributed by atoms with E-state index in [1.54, 1.807) is 0 Å². The zero-order chi connectivity index (χ0) is 15.5. The van der Waals surface area contributed by atoms with Crippen LogP contribution >= 0.6 is 0 Å². The molecule has 1 N–H and O–H groups in total. The van der Waals surface area contributed by atoms with Crippen LogP contribution in [0.3, 0.4) is 0 Å². The molecule has 0 radical (unpaired) electrons. The molecule has 0 aliphatic heterocycles. The van der Waals surface area contributed by atoms with Crippen LogP contribution in [0.25, 0.3) is 11.0 Å². The number of amides is 1. The van der Waals surface area contributed by atoms with E-state index in [1.165, 1.54) is 0 Å². The van der Waals surface area contributed by atoms with Crippen molar-refractivity contribution in [1.29, 1.82) is 0 Å². The zero-order valence-corrected chi connectivity index (χ0v) is 12.8. The SMILES string of the molecule is CCn1c(CNC(=O)c2ccc(C)cc2)nc2ccccc21. The van der Waals surface area contributed by atoms with Crippen molar-refractivity contribution < 1.29 is 4.79 Å². The Morgan fingerprint density at radius 1 is 1.14 bits per heavy atom. The number of fused-ring (bicyclic) bond motifs is 1. The van der Waals surface area contributed by atoms with Gasteiger partial charge in [0.2, 0.25) is 0 Å². The number of benzene rings is 2. The molecule has 1 amide bonds. The maximum absolute atomic E-state index is 12.2. The van der Waals surface area contributed by atoms with Gasteiger partial charge in [-0.05, 0) is 38.1 Å². The maximum Gasteiger partial charge on any atom is 0.251 e. The van der Waals surface area contributed by atoms with E-state index >= 15 is 0 Å². The summed E-state index contributed by atoms with van der Waals surface area (Å²) in [4.78, 5) is 16.8. The molecular formula is C18H19N3O. The third-order valence-corrected chi connectivity index (χ3v) is 3.77. The van der Waals surface area contributed by atoms with Crippen LogP contribution in [-0.4, -0.2) is 15.5 Å². The highest BCUT2D eigenvalue weighted by molar-refractivity contribution is 5.94. The van der Waals surface area contributed by atoms with Crippen molar-refractivity contribution in [2.75, 3.05) is 0 Å². The van der Waals surface area contributed by atoms with Crippen LogP contribution < -0.4 is 5.32 Å². The fourth-order valence-electron chi connectivity index (χ4n) is 2.58. The van der Waals surface area contributed by atoms with Gasteiger partial charge in [-0.15, -0.1) is 0 Å². The lowest BCUT2D eigenvalue weighted by Crippen LogP contribution is -2.24. The van der Waals surface area contributed by atoms with Gasteiger partial charge in [0.05, 0.1) is 17.6 Å². The second kappa shape index (κ2) is 6.02. The second-order valence-corrected chi connectivity index (χ2v) is 5.31. The highest BCUT2D eigenvalue weighted by atomic mass is 16.1. The van der Waals surface area contributed by atoms with Crippen molar-refractivity contribution >= 4 is 16.9 Å². The fraction of sp³-hybridized carbons (Fsp3) is 0.222. The Morgan fingerprint density at radius 2 is 1.86 bits per heavy atom. The molecule has 4 heteroatoms. The van der Waals surface area contributed by atoms with Crippen molar-refractivity contribution in [3.05, 3.63) is 65.5 Å². The first kappa shape index (κ1) is 14.3. The number of carbonyl (C=O) groups is 1. The Bertz CT molecular complexity index is 803. The van der Waals surface area contributed by atoms with E-state index in [0.29, 0.717) is 12.1 Å². The lowest BCUT2D eigenvalue weighted by atomic mass is 10.1. The van der Waals surface area contributed by atoms with Crippen LogP contribution in [0.15, 0.2) is 48.5 Å². The zero-order valence-electron chi connectivity index (χ0n) is 12.8. The van der Waals surface area contributed by atoms with E-state index in [4.69, 9.17) is 0 Å².